The third-order valence-corrected chi connectivity index (χ3v) is 15.1. The smallest absolute Gasteiger partial charge is 0.0207 e. The largest absolute Gasteiger partial charge is 0.0888 e. The van der Waals surface area contributed by atoms with Crippen LogP contribution in [-0.2, 0) is 0 Å². The summed E-state index contributed by atoms with van der Waals surface area (Å²) in [4.78, 5) is 2.59. The second kappa shape index (κ2) is 14.3. The molecule has 0 atom stereocenters. The first-order valence-electron chi connectivity index (χ1n) is 22.5. The summed E-state index contributed by atoms with van der Waals surface area (Å²) in [5.41, 5.74) is 12.7. The van der Waals surface area contributed by atoms with E-state index in [-0.39, 0.29) is 0 Å². The van der Waals surface area contributed by atoms with Crippen molar-refractivity contribution in [2.75, 3.05) is 0 Å². The van der Waals surface area contributed by atoms with Gasteiger partial charge in [0.15, 0.2) is 0 Å². The van der Waals surface area contributed by atoms with E-state index in [9.17, 15) is 0 Å². The first kappa shape index (κ1) is 36.5. The maximum atomic E-state index is 2.48. The molecule has 13 aromatic carbocycles. The van der Waals surface area contributed by atoms with Gasteiger partial charge in [0, 0.05) is 15.2 Å². The van der Waals surface area contributed by atoms with E-state index in [1.165, 1.54) is 141 Å². The predicted molar refractivity (Wildman–Crippen MR) is 280 cm³/mol. The highest BCUT2D eigenvalue weighted by Gasteiger charge is 2.26. The Morgan fingerprint density at radius 1 is 0.215 bits per heavy atom. The van der Waals surface area contributed by atoms with E-state index in [0.29, 0.717) is 0 Å². The molecule has 0 nitrogen and oxygen atoms in total. The van der Waals surface area contributed by atoms with Crippen LogP contribution in [0.15, 0.2) is 240 Å². The minimum Gasteiger partial charge on any atom is -0.0888 e. The average Bonchev–Trinajstić information content (AvgIpc) is 3.38. The molecule has 0 fully saturated rings. The molecule has 1 heteroatoms. The molecule has 0 spiro atoms. The first-order valence-corrected chi connectivity index (χ1v) is 23.3. The lowest BCUT2D eigenvalue weighted by atomic mass is 9.82. The molecule has 1 aliphatic heterocycles. The Bertz CT molecular complexity index is 4130. The van der Waals surface area contributed by atoms with Crippen molar-refractivity contribution < 1.29 is 0 Å². The third-order valence-electron chi connectivity index (χ3n) is 14.0. The SMILES string of the molecule is c1ccc(-c2c3ccccc3c(-c3ccc4c(c3)-c3cccc5c(-c6c7ccccc7c(-c7ccccc7)c7c6ccc6ccccc67)ccc(c35)S4)c3ccc4ccccc4c23)cc1. The maximum Gasteiger partial charge on any atom is 0.0207 e. The Balaban J connectivity index is 1.04. The molecule has 0 amide bonds. The zero-order valence-corrected chi connectivity index (χ0v) is 36.2. The van der Waals surface area contributed by atoms with Crippen molar-refractivity contribution >= 4 is 87.2 Å². The van der Waals surface area contributed by atoms with Gasteiger partial charge in [0.1, 0.15) is 0 Å². The Kier molecular flexibility index (Phi) is 8.02. The van der Waals surface area contributed by atoms with Crippen LogP contribution in [0.2, 0.25) is 0 Å². The summed E-state index contributed by atoms with van der Waals surface area (Å²) >= 11 is 1.90. The van der Waals surface area contributed by atoms with Gasteiger partial charge in [-0.05, 0) is 144 Å². The molecular formula is C64H38S. The molecule has 1 aliphatic rings. The minimum absolute atomic E-state index is 1.23. The molecule has 0 aliphatic carbocycles. The van der Waals surface area contributed by atoms with Gasteiger partial charge in [-0.25, -0.2) is 0 Å². The quantitative estimate of drug-likeness (QED) is 0.126. The van der Waals surface area contributed by atoms with Crippen LogP contribution in [0.25, 0.3) is 131 Å². The van der Waals surface area contributed by atoms with E-state index in [1.54, 1.807) is 0 Å². The van der Waals surface area contributed by atoms with Crippen LogP contribution < -0.4 is 0 Å². The summed E-state index contributed by atoms with van der Waals surface area (Å²) in [5, 5.41) is 17.9. The highest BCUT2D eigenvalue weighted by Crippen LogP contribution is 2.54. The van der Waals surface area contributed by atoms with E-state index in [0.717, 1.165) is 0 Å². The topological polar surface area (TPSA) is 0 Å². The summed E-state index contributed by atoms with van der Waals surface area (Å²) in [5.74, 6) is 0. The van der Waals surface area contributed by atoms with Gasteiger partial charge in [-0.3, -0.25) is 0 Å². The van der Waals surface area contributed by atoms with Gasteiger partial charge in [-0.15, -0.1) is 0 Å². The number of rotatable bonds is 4. The Morgan fingerprint density at radius 3 is 1.29 bits per heavy atom. The highest BCUT2D eigenvalue weighted by atomic mass is 32.2. The molecule has 14 rings (SSSR count). The van der Waals surface area contributed by atoms with Crippen molar-refractivity contribution in [3.63, 3.8) is 0 Å². The second-order valence-electron chi connectivity index (χ2n) is 17.4. The first-order chi connectivity index (χ1) is 32.3. The van der Waals surface area contributed by atoms with E-state index in [1.807, 2.05) is 11.8 Å². The van der Waals surface area contributed by atoms with Crippen molar-refractivity contribution in [2.45, 2.75) is 9.79 Å². The van der Waals surface area contributed by atoms with Crippen LogP contribution in [-0.4, -0.2) is 0 Å². The van der Waals surface area contributed by atoms with Gasteiger partial charge in [-0.1, -0.05) is 224 Å². The summed E-state index contributed by atoms with van der Waals surface area (Å²) in [6.45, 7) is 0. The lowest BCUT2D eigenvalue weighted by Gasteiger charge is -2.25. The molecular weight excluding hydrogens is 801 g/mol. The lowest BCUT2D eigenvalue weighted by Crippen LogP contribution is -1.97. The predicted octanol–water partition coefficient (Wildman–Crippen LogP) is 18.6. The van der Waals surface area contributed by atoms with Crippen molar-refractivity contribution in [2.24, 2.45) is 0 Å². The second-order valence-corrected chi connectivity index (χ2v) is 18.5. The van der Waals surface area contributed by atoms with E-state index < -0.39 is 0 Å². The number of benzene rings is 13. The van der Waals surface area contributed by atoms with Gasteiger partial charge >= 0.3 is 0 Å². The molecule has 0 saturated carbocycles. The number of hydrogen-bond acceptors (Lipinski definition) is 1. The van der Waals surface area contributed by atoms with Crippen LogP contribution in [0.1, 0.15) is 0 Å². The Morgan fingerprint density at radius 2 is 0.692 bits per heavy atom. The zero-order valence-electron chi connectivity index (χ0n) is 35.3. The fourth-order valence-corrected chi connectivity index (χ4v) is 12.4. The van der Waals surface area contributed by atoms with E-state index in [4.69, 9.17) is 0 Å². The molecule has 0 aromatic heterocycles. The van der Waals surface area contributed by atoms with Crippen molar-refractivity contribution in [3.05, 3.63) is 231 Å². The third kappa shape index (κ3) is 5.40. The van der Waals surface area contributed by atoms with Crippen LogP contribution >= 0.6 is 11.8 Å². The maximum absolute atomic E-state index is 2.48. The molecule has 300 valence electrons. The fraction of sp³-hybridized carbons (Fsp3) is 0. The van der Waals surface area contributed by atoms with Gasteiger partial charge in [0.05, 0.1) is 0 Å². The monoisotopic (exact) mass is 838 g/mol. The summed E-state index contributed by atoms with van der Waals surface area (Å²) < 4.78 is 0. The van der Waals surface area contributed by atoms with Crippen LogP contribution in [0.4, 0.5) is 0 Å². The van der Waals surface area contributed by atoms with E-state index in [2.05, 4.69) is 231 Å². The molecule has 0 unspecified atom stereocenters. The molecule has 0 radical (unpaired) electrons. The zero-order chi connectivity index (χ0) is 42.6. The van der Waals surface area contributed by atoms with Gasteiger partial charge in [-0.2, -0.15) is 0 Å². The van der Waals surface area contributed by atoms with Crippen LogP contribution in [0.3, 0.4) is 0 Å². The summed E-state index contributed by atoms with van der Waals surface area (Å²) in [6, 6.07) is 86.1. The fourth-order valence-electron chi connectivity index (χ4n) is 11.3. The van der Waals surface area contributed by atoms with Crippen molar-refractivity contribution in [1.29, 1.82) is 0 Å². The van der Waals surface area contributed by atoms with Crippen LogP contribution in [0, 0.1) is 0 Å². The van der Waals surface area contributed by atoms with Crippen molar-refractivity contribution in [3.8, 4) is 55.6 Å². The van der Waals surface area contributed by atoms with Gasteiger partial charge < -0.3 is 0 Å². The Hall–Kier alpha value is -7.97. The molecule has 13 aromatic rings. The normalized spacial score (nSPS) is 12.2. The molecule has 0 N–H and O–H groups in total. The average molecular weight is 839 g/mol. The van der Waals surface area contributed by atoms with E-state index >= 15 is 0 Å². The highest BCUT2D eigenvalue weighted by molar-refractivity contribution is 7.99. The standard InChI is InChI=1S/C64H38S/c1-3-18-41(19-4-1)59-47-25-12-11-24-46(47)58(53-33-30-39-16-7-9-22-44(39)63(53)59)43-32-36-56-55(38-43)51-29-15-28-50-52(35-37-57(65-56)62(50)51)61-49-27-14-13-26-48(49)60(42-20-5-2-6-21-42)64-45-23-10-8-17-40(45)31-34-54(61)64/h1-38H. The molecule has 65 heavy (non-hydrogen) atoms. The molecule has 0 saturated heterocycles. The van der Waals surface area contributed by atoms with Gasteiger partial charge in [0.2, 0.25) is 0 Å². The van der Waals surface area contributed by atoms with Crippen molar-refractivity contribution in [1.82, 2.24) is 0 Å². The summed E-state index contributed by atoms with van der Waals surface area (Å²) in [6.07, 6.45) is 0. The van der Waals surface area contributed by atoms with Crippen LogP contribution in [0.5, 0.6) is 0 Å². The number of fused-ring (bicyclic) bond motifs is 10. The minimum atomic E-state index is 1.23. The summed E-state index contributed by atoms with van der Waals surface area (Å²) in [7, 11) is 0. The Labute approximate surface area is 381 Å². The number of hydrogen-bond donors (Lipinski definition) is 0. The molecule has 1 heterocycles. The molecule has 0 bridgehead atoms. The van der Waals surface area contributed by atoms with Gasteiger partial charge in [0.25, 0.3) is 0 Å². The lowest BCUT2D eigenvalue weighted by molar-refractivity contribution is 1.40.